The first-order valence-corrected chi connectivity index (χ1v) is 6.43. The molecule has 1 aliphatic heterocycles. The van der Waals surface area contributed by atoms with Crippen molar-refractivity contribution in [2.45, 2.75) is 31.7 Å². The molecule has 70 valence electrons. The van der Waals surface area contributed by atoms with Crippen LogP contribution in [0.1, 0.15) is 25.7 Å². The minimum absolute atomic E-state index is 0.529. The lowest BCUT2D eigenvalue weighted by Crippen LogP contribution is -2.46. The SMILES string of the molecule is O=S1CCNC(C2CCCC2)C1. The van der Waals surface area contributed by atoms with E-state index in [0.717, 1.165) is 24.0 Å². The Labute approximate surface area is 76.6 Å². The summed E-state index contributed by atoms with van der Waals surface area (Å²) in [6.07, 6.45) is 5.48. The summed E-state index contributed by atoms with van der Waals surface area (Å²) < 4.78 is 11.3. The zero-order valence-electron chi connectivity index (χ0n) is 7.42. The average Bonchev–Trinajstić information content (AvgIpc) is 2.56. The van der Waals surface area contributed by atoms with Gasteiger partial charge >= 0.3 is 0 Å². The molecule has 0 aromatic carbocycles. The fourth-order valence-corrected chi connectivity index (χ4v) is 3.67. The van der Waals surface area contributed by atoms with Crippen LogP contribution in [-0.4, -0.2) is 28.3 Å². The highest BCUT2D eigenvalue weighted by Crippen LogP contribution is 2.28. The van der Waals surface area contributed by atoms with Gasteiger partial charge in [0, 0.05) is 34.9 Å². The van der Waals surface area contributed by atoms with Crippen LogP contribution in [0.3, 0.4) is 0 Å². The van der Waals surface area contributed by atoms with Gasteiger partial charge in [-0.15, -0.1) is 0 Å². The number of hydrogen-bond acceptors (Lipinski definition) is 2. The Hall–Kier alpha value is 0.110. The van der Waals surface area contributed by atoms with Crippen molar-refractivity contribution in [3.8, 4) is 0 Å². The molecule has 0 radical (unpaired) electrons. The summed E-state index contributed by atoms with van der Waals surface area (Å²) in [7, 11) is -0.529. The molecule has 1 heterocycles. The quantitative estimate of drug-likeness (QED) is 0.661. The van der Waals surface area contributed by atoms with Gasteiger partial charge < -0.3 is 5.32 Å². The van der Waals surface area contributed by atoms with E-state index < -0.39 is 10.8 Å². The second-order valence-corrected chi connectivity index (χ2v) is 5.54. The zero-order chi connectivity index (χ0) is 8.39. The lowest BCUT2D eigenvalue weighted by Gasteiger charge is -2.28. The third-order valence-electron chi connectivity index (χ3n) is 3.07. The summed E-state index contributed by atoms with van der Waals surface area (Å²) in [5, 5.41) is 3.50. The second kappa shape index (κ2) is 3.88. The normalized spacial score (nSPS) is 38.7. The van der Waals surface area contributed by atoms with Crippen molar-refractivity contribution in [1.82, 2.24) is 5.32 Å². The van der Waals surface area contributed by atoms with Crippen molar-refractivity contribution < 1.29 is 4.21 Å². The van der Waals surface area contributed by atoms with Gasteiger partial charge in [0.15, 0.2) is 0 Å². The van der Waals surface area contributed by atoms with Gasteiger partial charge in [-0.2, -0.15) is 0 Å². The van der Waals surface area contributed by atoms with Crippen molar-refractivity contribution in [1.29, 1.82) is 0 Å². The van der Waals surface area contributed by atoms with Crippen LogP contribution in [-0.2, 0) is 10.8 Å². The monoisotopic (exact) mass is 187 g/mol. The molecule has 1 saturated carbocycles. The molecule has 2 aliphatic rings. The Kier molecular flexibility index (Phi) is 2.81. The Balaban J connectivity index is 1.89. The lowest BCUT2D eigenvalue weighted by molar-refractivity contribution is 0.385. The molecular weight excluding hydrogens is 170 g/mol. The van der Waals surface area contributed by atoms with Crippen LogP contribution in [0.4, 0.5) is 0 Å². The smallest absolute Gasteiger partial charge is 0.0392 e. The maximum absolute atomic E-state index is 11.3. The molecular formula is C9H17NOS. The average molecular weight is 187 g/mol. The molecule has 0 aromatic rings. The van der Waals surface area contributed by atoms with E-state index >= 15 is 0 Å². The van der Waals surface area contributed by atoms with E-state index in [-0.39, 0.29) is 0 Å². The predicted molar refractivity (Wildman–Crippen MR) is 51.6 cm³/mol. The summed E-state index contributed by atoms with van der Waals surface area (Å²) in [4.78, 5) is 0. The largest absolute Gasteiger partial charge is 0.312 e. The minimum atomic E-state index is -0.529. The van der Waals surface area contributed by atoms with E-state index in [0.29, 0.717) is 6.04 Å². The Morgan fingerprint density at radius 2 is 2.00 bits per heavy atom. The fourth-order valence-electron chi connectivity index (χ4n) is 2.36. The van der Waals surface area contributed by atoms with Gasteiger partial charge in [-0.3, -0.25) is 4.21 Å². The molecule has 12 heavy (non-hydrogen) atoms. The Morgan fingerprint density at radius 3 is 2.67 bits per heavy atom. The van der Waals surface area contributed by atoms with Crippen molar-refractivity contribution >= 4 is 10.8 Å². The molecule has 0 bridgehead atoms. The van der Waals surface area contributed by atoms with Gasteiger partial charge in [-0.05, 0) is 18.8 Å². The van der Waals surface area contributed by atoms with Crippen LogP contribution < -0.4 is 5.32 Å². The molecule has 2 nitrogen and oxygen atoms in total. The van der Waals surface area contributed by atoms with Crippen LogP contribution >= 0.6 is 0 Å². The molecule has 1 N–H and O–H groups in total. The molecule has 3 heteroatoms. The van der Waals surface area contributed by atoms with E-state index in [1.165, 1.54) is 25.7 Å². The highest BCUT2D eigenvalue weighted by atomic mass is 32.2. The van der Waals surface area contributed by atoms with Crippen LogP contribution in [0, 0.1) is 5.92 Å². The van der Waals surface area contributed by atoms with Gasteiger partial charge in [0.2, 0.25) is 0 Å². The van der Waals surface area contributed by atoms with Gasteiger partial charge in [0.1, 0.15) is 0 Å². The third-order valence-corrected chi connectivity index (χ3v) is 4.46. The van der Waals surface area contributed by atoms with Crippen molar-refractivity contribution in [3.63, 3.8) is 0 Å². The molecule has 0 spiro atoms. The summed E-state index contributed by atoms with van der Waals surface area (Å²) in [6, 6.07) is 0.571. The van der Waals surface area contributed by atoms with E-state index in [9.17, 15) is 4.21 Å². The molecule has 0 amide bonds. The topological polar surface area (TPSA) is 29.1 Å². The molecule has 0 aromatic heterocycles. The maximum Gasteiger partial charge on any atom is 0.0392 e. The molecule has 2 unspecified atom stereocenters. The van der Waals surface area contributed by atoms with Gasteiger partial charge in [-0.25, -0.2) is 0 Å². The number of hydrogen-bond donors (Lipinski definition) is 1. The van der Waals surface area contributed by atoms with E-state index in [1.807, 2.05) is 0 Å². The molecule has 2 fully saturated rings. The first-order valence-electron chi connectivity index (χ1n) is 4.94. The minimum Gasteiger partial charge on any atom is -0.312 e. The standard InChI is InChI=1S/C9H17NOS/c11-12-6-5-10-9(7-12)8-3-1-2-4-8/h8-10H,1-7H2. The maximum atomic E-state index is 11.3. The summed E-state index contributed by atoms with van der Waals surface area (Å²) in [5.74, 6) is 2.60. The highest BCUT2D eigenvalue weighted by molar-refractivity contribution is 7.85. The number of nitrogens with one attached hydrogen (secondary N) is 1. The predicted octanol–water partition coefficient (Wildman–Crippen LogP) is 0.897. The lowest BCUT2D eigenvalue weighted by atomic mass is 10.00. The zero-order valence-corrected chi connectivity index (χ0v) is 8.24. The van der Waals surface area contributed by atoms with Gasteiger partial charge in [0.05, 0.1) is 0 Å². The first-order chi connectivity index (χ1) is 5.86. The van der Waals surface area contributed by atoms with Crippen molar-refractivity contribution in [2.75, 3.05) is 18.1 Å². The second-order valence-electron chi connectivity index (χ2n) is 3.92. The van der Waals surface area contributed by atoms with Crippen molar-refractivity contribution in [3.05, 3.63) is 0 Å². The molecule has 1 saturated heterocycles. The summed E-state index contributed by atoms with van der Waals surface area (Å²) >= 11 is 0. The van der Waals surface area contributed by atoms with Crippen LogP contribution in [0.25, 0.3) is 0 Å². The summed E-state index contributed by atoms with van der Waals surface area (Å²) in [6.45, 7) is 0.966. The highest BCUT2D eigenvalue weighted by Gasteiger charge is 2.28. The van der Waals surface area contributed by atoms with Gasteiger partial charge in [-0.1, -0.05) is 12.8 Å². The summed E-state index contributed by atoms with van der Waals surface area (Å²) in [5.41, 5.74) is 0. The molecule has 1 aliphatic carbocycles. The van der Waals surface area contributed by atoms with Crippen LogP contribution in [0.2, 0.25) is 0 Å². The van der Waals surface area contributed by atoms with Crippen molar-refractivity contribution in [2.24, 2.45) is 5.92 Å². The Morgan fingerprint density at radius 1 is 1.25 bits per heavy atom. The Bertz CT molecular complexity index is 177. The van der Waals surface area contributed by atoms with E-state index in [1.54, 1.807) is 0 Å². The van der Waals surface area contributed by atoms with Crippen LogP contribution in [0.5, 0.6) is 0 Å². The number of rotatable bonds is 1. The molecule has 2 rings (SSSR count). The fraction of sp³-hybridized carbons (Fsp3) is 1.00. The van der Waals surface area contributed by atoms with E-state index in [4.69, 9.17) is 0 Å². The third kappa shape index (κ3) is 1.88. The first kappa shape index (κ1) is 8.70. The molecule has 2 atom stereocenters. The van der Waals surface area contributed by atoms with Gasteiger partial charge in [0.25, 0.3) is 0 Å². The van der Waals surface area contributed by atoms with Crippen LogP contribution in [0.15, 0.2) is 0 Å². The van der Waals surface area contributed by atoms with E-state index in [2.05, 4.69) is 5.32 Å².